The fourth-order valence-corrected chi connectivity index (χ4v) is 2.74. The van der Waals surface area contributed by atoms with Gasteiger partial charge in [0.05, 0.1) is 16.3 Å². The van der Waals surface area contributed by atoms with Crippen molar-refractivity contribution in [2.24, 2.45) is 10.6 Å². The van der Waals surface area contributed by atoms with Crippen molar-refractivity contribution < 1.29 is 9.63 Å². The molecule has 20 heavy (non-hydrogen) atoms. The van der Waals surface area contributed by atoms with E-state index in [2.05, 4.69) is 25.9 Å². The lowest BCUT2D eigenvalue weighted by molar-refractivity contribution is 0.0514. The van der Waals surface area contributed by atoms with E-state index in [0.717, 1.165) is 18.6 Å². The van der Waals surface area contributed by atoms with Crippen LogP contribution in [-0.2, 0) is 4.84 Å². The van der Waals surface area contributed by atoms with Crippen molar-refractivity contribution in [2.75, 3.05) is 0 Å². The second-order valence-electron chi connectivity index (χ2n) is 5.95. The van der Waals surface area contributed by atoms with Gasteiger partial charge < -0.3 is 4.84 Å². The molecule has 1 aromatic rings. The second-order valence-corrected chi connectivity index (χ2v) is 6.36. The van der Waals surface area contributed by atoms with Gasteiger partial charge in [0, 0.05) is 0 Å². The molecule has 3 nitrogen and oxygen atoms in total. The minimum atomic E-state index is -0.530. The van der Waals surface area contributed by atoms with E-state index in [1.54, 1.807) is 24.3 Å². The van der Waals surface area contributed by atoms with Crippen LogP contribution in [0.15, 0.2) is 41.1 Å². The fraction of sp³-hybridized carbons (Fsp3) is 0.375. The van der Waals surface area contributed by atoms with E-state index in [9.17, 15) is 4.79 Å². The summed E-state index contributed by atoms with van der Waals surface area (Å²) in [6.45, 7) is 6.41. The van der Waals surface area contributed by atoms with Crippen molar-refractivity contribution in [3.05, 3.63) is 46.5 Å². The first kappa shape index (κ1) is 14.8. The Labute approximate surface area is 124 Å². The quantitative estimate of drug-likeness (QED) is 0.589. The Morgan fingerprint density at radius 3 is 2.65 bits per heavy atom. The molecule has 1 aliphatic rings. The number of nitrogens with zero attached hydrogens (tertiary/aromatic N) is 1. The van der Waals surface area contributed by atoms with Crippen molar-refractivity contribution >= 4 is 23.3 Å². The molecule has 0 unspecified atom stereocenters. The fourth-order valence-electron chi connectivity index (χ4n) is 2.53. The lowest BCUT2D eigenvalue weighted by Crippen LogP contribution is -2.21. The van der Waals surface area contributed by atoms with Crippen LogP contribution >= 0.6 is 11.6 Å². The van der Waals surface area contributed by atoms with Crippen LogP contribution in [0, 0.1) is 5.41 Å². The topological polar surface area (TPSA) is 38.7 Å². The van der Waals surface area contributed by atoms with Crippen molar-refractivity contribution in [3.63, 3.8) is 0 Å². The summed E-state index contributed by atoms with van der Waals surface area (Å²) in [5.41, 5.74) is 2.51. The molecular weight excluding hydrogens is 274 g/mol. The van der Waals surface area contributed by atoms with Crippen LogP contribution in [0.2, 0.25) is 5.02 Å². The Morgan fingerprint density at radius 1 is 1.30 bits per heavy atom. The Balaban J connectivity index is 2.12. The first-order chi connectivity index (χ1) is 9.37. The molecule has 2 rings (SSSR count). The zero-order valence-corrected chi connectivity index (χ0v) is 12.7. The largest absolute Gasteiger partial charge is 0.367 e. The summed E-state index contributed by atoms with van der Waals surface area (Å²) in [5.74, 6) is -0.530. The van der Waals surface area contributed by atoms with Gasteiger partial charge in [-0.05, 0) is 43.4 Å². The molecule has 106 valence electrons. The van der Waals surface area contributed by atoms with Crippen molar-refractivity contribution in [1.82, 2.24) is 0 Å². The van der Waals surface area contributed by atoms with Crippen LogP contribution in [0.4, 0.5) is 0 Å². The molecule has 1 aromatic carbocycles. The molecule has 1 aliphatic carbocycles. The van der Waals surface area contributed by atoms with Crippen LogP contribution in [0.3, 0.4) is 0 Å². The number of oxime groups is 1. The summed E-state index contributed by atoms with van der Waals surface area (Å²) in [6, 6.07) is 6.78. The molecule has 0 amide bonds. The smallest absolute Gasteiger partial charge is 0.312 e. The monoisotopic (exact) mass is 291 g/mol. The van der Waals surface area contributed by atoms with Crippen LogP contribution in [0.25, 0.3) is 0 Å². The molecule has 0 heterocycles. The summed E-state index contributed by atoms with van der Waals surface area (Å²) in [7, 11) is 0. The number of carbonyl (C=O) groups is 1. The number of hydrogen-bond acceptors (Lipinski definition) is 3. The lowest BCUT2D eigenvalue weighted by Gasteiger charge is -2.28. The van der Waals surface area contributed by atoms with Crippen molar-refractivity contribution in [1.29, 1.82) is 0 Å². The molecule has 0 saturated carbocycles. The third-order valence-corrected chi connectivity index (χ3v) is 3.50. The Morgan fingerprint density at radius 2 is 2.00 bits per heavy atom. The van der Waals surface area contributed by atoms with E-state index in [0.29, 0.717) is 10.6 Å². The van der Waals surface area contributed by atoms with Gasteiger partial charge in [-0.15, -0.1) is 0 Å². The van der Waals surface area contributed by atoms with Gasteiger partial charge in [0.1, 0.15) is 0 Å². The Hall–Kier alpha value is -1.61. The van der Waals surface area contributed by atoms with Crippen molar-refractivity contribution in [3.8, 4) is 0 Å². The highest BCUT2D eigenvalue weighted by Gasteiger charge is 2.25. The van der Waals surface area contributed by atoms with E-state index in [-0.39, 0.29) is 5.41 Å². The van der Waals surface area contributed by atoms with Crippen molar-refractivity contribution in [2.45, 2.75) is 33.6 Å². The van der Waals surface area contributed by atoms with E-state index >= 15 is 0 Å². The lowest BCUT2D eigenvalue weighted by atomic mass is 9.77. The summed E-state index contributed by atoms with van der Waals surface area (Å²) in [5, 5.41) is 4.35. The van der Waals surface area contributed by atoms with Crippen LogP contribution in [0.5, 0.6) is 0 Å². The maximum Gasteiger partial charge on any atom is 0.367 e. The van der Waals surface area contributed by atoms with Gasteiger partial charge in [0.15, 0.2) is 0 Å². The van der Waals surface area contributed by atoms with Gasteiger partial charge >= 0.3 is 5.97 Å². The predicted molar refractivity (Wildman–Crippen MR) is 81.1 cm³/mol. The molecule has 4 heteroatoms. The van der Waals surface area contributed by atoms with Gasteiger partial charge in [0.25, 0.3) is 0 Å². The van der Waals surface area contributed by atoms with Gasteiger partial charge in [-0.2, -0.15) is 0 Å². The molecule has 0 aliphatic heterocycles. The van der Waals surface area contributed by atoms with E-state index in [1.165, 1.54) is 5.57 Å². The molecular formula is C16H18ClNO2. The van der Waals surface area contributed by atoms with Gasteiger partial charge in [0.2, 0.25) is 0 Å². The summed E-state index contributed by atoms with van der Waals surface area (Å²) in [6.07, 6.45) is 3.80. The molecule has 0 spiro atoms. The number of carbonyl (C=O) groups excluding carboxylic acids is 1. The standard InChI is InChI=1S/C16H18ClNO2/c1-11-8-12(10-16(2,3)9-11)18-20-15(19)13-6-4-5-7-14(13)17/h4-8H,9-10H2,1-3H3/b18-12-. The third-order valence-electron chi connectivity index (χ3n) is 3.17. The first-order valence-electron chi connectivity index (χ1n) is 6.57. The first-order valence-corrected chi connectivity index (χ1v) is 6.95. The van der Waals surface area contributed by atoms with Gasteiger partial charge in [-0.25, -0.2) is 4.79 Å². The second kappa shape index (κ2) is 5.80. The third kappa shape index (κ3) is 3.70. The number of halogens is 1. The van der Waals surface area contributed by atoms with Crippen LogP contribution in [-0.4, -0.2) is 11.7 Å². The average Bonchev–Trinajstić information content (AvgIpc) is 2.34. The average molecular weight is 292 g/mol. The molecule has 0 bridgehead atoms. The zero-order chi connectivity index (χ0) is 14.8. The summed E-state index contributed by atoms with van der Waals surface area (Å²) in [4.78, 5) is 16.9. The summed E-state index contributed by atoms with van der Waals surface area (Å²) >= 11 is 5.95. The highest BCUT2D eigenvalue weighted by Crippen LogP contribution is 2.33. The predicted octanol–water partition coefficient (Wildman–Crippen LogP) is 4.62. The number of allylic oxidation sites excluding steroid dienone is 2. The normalized spacial score (nSPS) is 19.6. The molecule has 0 fully saturated rings. The van der Waals surface area contributed by atoms with Crippen LogP contribution in [0.1, 0.15) is 44.0 Å². The molecule has 0 atom stereocenters. The molecule has 0 N–H and O–H groups in total. The Kier molecular flexibility index (Phi) is 4.29. The molecule has 0 saturated heterocycles. The SMILES string of the molecule is CC1=C/C(=N/OC(=O)c2ccccc2Cl)CC(C)(C)C1. The van der Waals surface area contributed by atoms with Gasteiger partial charge in [-0.3, -0.25) is 0 Å². The molecule has 0 aromatic heterocycles. The van der Waals surface area contributed by atoms with E-state index in [1.807, 2.05) is 6.08 Å². The number of benzene rings is 1. The minimum absolute atomic E-state index is 0.147. The van der Waals surface area contributed by atoms with E-state index < -0.39 is 5.97 Å². The van der Waals surface area contributed by atoms with Gasteiger partial charge in [-0.1, -0.05) is 48.3 Å². The maximum atomic E-state index is 11.9. The molecule has 0 radical (unpaired) electrons. The highest BCUT2D eigenvalue weighted by atomic mass is 35.5. The zero-order valence-electron chi connectivity index (χ0n) is 11.9. The number of rotatable bonds is 2. The number of hydrogen-bond donors (Lipinski definition) is 0. The Bertz CT molecular complexity index is 588. The van der Waals surface area contributed by atoms with E-state index in [4.69, 9.17) is 16.4 Å². The maximum absolute atomic E-state index is 11.9. The minimum Gasteiger partial charge on any atom is -0.312 e. The highest BCUT2D eigenvalue weighted by molar-refractivity contribution is 6.33. The summed E-state index contributed by atoms with van der Waals surface area (Å²) < 4.78 is 0. The van der Waals surface area contributed by atoms with Crippen LogP contribution < -0.4 is 0 Å².